The minimum atomic E-state index is -0.281. The average Bonchev–Trinajstić information content (AvgIpc) is 3.44. The first-order valence-electron chi connectivity index (χ1n) is 10.6. The summed E-state index contributed by atoms with van der Waals surface area (Å²) in [6, 6.07) is 3.98. The Labute approximate surface area is 193 Å². The number of amides is 2. The number of hydrogen-bond donors (Lipinski definition) is 2. The van der Waals surface area contributed by atoms with E-state index in [9.17, 15) is 14.4 Å². The monoisotopic (exact) mass is 474 g/mol. The Morgan fingerprint density at radius 2 is 2.19 bits per heavy atom. The predicted molar refractivity (Wildman–Crippen MR) is 126 cm³/mol. The second kappa shape index (κ2) is 9.78. The minimum Gasteiger partial charge on any atom is -0.354 e. The van der Waals surface area contributed by atoms with Gasteiger partial charge in [0.2, 0.25) is 11.8 Å². The fourth-order valence-electron chi connectivity index (χ4n) is 3.66. The summed E-state index contributed by atoms with van der Waals surface area (Å²) in [6.07, 6.45) is 3.09. The first-order valence-corrected chi connectivity index (χ1v) is 12.3. The van der Waals surface area contributed by atoms with E-state index in [1.165, 1.54) is 22.2 Å². The van der Waals surface area contributed by atoms with Gasteiger partial charge in [0.15, 0.2) is 10.8 Å². The van der Waals surface area contributed by atoms with Gasteiger partial charge in [0, 0.05) is 24.0 Å². The van der Waals surface area contributed by atoms with Crippen molar-refractivity contribution in [1.29, 1.82) is 0 Å². The van der Waals surface area contributed by atoms with Gasteiger partial charge in [-0.2, -0.15) is 4.98 Å². The number of anilines is 1. The number of nitrogens with zero attached hydrogens (tertiary/aromatic N) is 4. The van der Waals surface area contributed by atoms with Crippen molar-refractivity contribution in [2.45, 2.75) is 45.8 Å². The van der Waals surface area contributed by atoms with E-state index in [1.807, 2.05) is 31.4 Å². The molecule has 1 aliphatic rings. The number of thiophene rings is 1. The van der Waals surface area contributed by atoms with Crippen LogP contribution in [-0.2, 0) is 22.7 Å². The van der Waals surface area contributed by atoms with Gasteiger partial charge in [0.05, 0.1) is 12.5 Å². The van der Waals surface area contributed by atoms with Crippen LogP contribution >= 0.6 is 22.7 Å². The van der Waals surface area contributed by atoms with E-state index < -0.39 is 0 Å². The molecule has 1 saturated heterocycles. The zero-order chi connectivity index (χ0) is 22.7. The average molecular weight is 475 g/mol. The van der Waals surface area contributed by atoms with Crippen molar-refractivity contribution in [1.82, 2.24) is 25.2 Å². The molecule has 2 amide bonds. The Hall–Kier alpha value is -2.79. The summed E-state index contributed by atoms with van der Waals surface area (Å²) >= 11 is 2.83. The zero-order valence-corrected chi connectivity index (χ0v) is 19.7. The molecule has 1 fully saturated rings. The van der Waals surface area contributed by atoms with Crippen LogP contribution in [0.15, 0.2) is 28.6 Å². The topological polar surface area (TPSA) is 109 Å². The number of hydrogen-bond acceptors (Lipinski definition) is 8. The van der Waals surface area contributed by atoms with Crippen molar-refractivity contribution in [3.05, 3.63) is 39.1 Å². The van der Waals surface area contributed by atoms with Crippen molar-refractivity contribution in [2.75, 3.05) is 18.0 Å². The number of nitrogens with one attached hydrogen (secondary N) is 2. The Bertz CT molecular complexity index is 1150. The van der Waals surface area contributed by atoms with Crippen molar-refractivity contribution < 1.29 is 9.59 Å². The number of rotatable bonds is 7. The molecular formula is C21H26N6O3S2. The Morgan fingerprint density at radius 3 is 2.94 bits per heavy atom. The highest BCUT2D eigenvalue weighted by molar-refractivity contribution is 7.22. The normalized spacial score (nSPS) is 16.5. The molecule has 170 valence electrons. The fraction of sp³-hybridized carbons (Fsp3) is 0.476. The van der Waals surface area contributed by atoms with E-state index >= 15 is 0 Å². The lowest BCUT2D eigenvalue weighted by atomic mass is 9.97. The third-order valence-electron chi connectivity index (χ3n) is 5.22. The standard InChI is InChI=1S/C21H26N6O3S2/c1-13(2)24-19(29)14-5-3-7-26(10-14)21-25-18-17(32-21)20(30)27(12-23-18)11-16(28)22-9-15-6-4-8-31-15/h4,6,8,12-14H,3,5,7,9-11H2,1-2H3,(H,22,28)(H,24,29)/t14-/m1/s1. The molecule has 3 aromatic rings. The maximum absolute atomic E-state index is 12.9. The maximum atomic E-state index is 12.9. The molecule has 0 aromatic carbocycles. The van der Waals surface area contributed by atoms with Crippen molar-refractivity contribution in [2.24, 2.45) is 5.92 Å². The molecule has 4 heterocycles. The Morgan fingerprint density at radius 1 is 1.34 bits per heavy atom. The summed E-state index contributed by atoms with van der Waals surface area (Å²) in [4.78, 5) is 49.5. The zero-order valence-electron chi connectivity index (χ0n) is 18.0. The summed E-state index contributed by atoms with van der Waals surface area (Å²) < 4.78 is 1.73. The van der Waals surface area contributed by atoms with Crippen LogP contribution in [0.4, 0.5) is 5.13 Å². The van der Waals surface area contributed by atoms with E-state index in [1.54, 1.807) is 11.3 Å². The number of piperidine rings is 1. The molecule has 0 bridgehead atoms. The van der Waals surface area contributed by atoms with Gasteiger partial charge >= 0.3 is 0 Å². The third kappa shape index (κ3) is 5.16. The van der Waals surface area contributed by atoms with Crippen molar-refractivity contribution in [3.63, 3.8) is 0 Å². The van der Waals surface area contributed by atoms with E-state index in [4.69, 9.17) is 0 Å². The Kier molecular flexibility index (Phi) is 6.85. The van der Waals surface area contributed by atoms with Crippen LogP contribution in [0.2, 0.25) is 0 Å². The molecule has 32 heavy (non-hydrogen) atoms. The van der Waals surface area contributed by atoms with Crippen LogP contribution < -0.4 is 21.1 Å². The maximum Gasteiger partial charge on any atom is 0.273 e. The lowest BCUT2D eigenvalue weighted by Crippen LogP contribution is -2.44. The lowest BCUT2D eigenvalue weighted by molar-refractivity contribution is -0.125. The molecule has 0 unspecified atom stereocenters. The summed E-state index contributed by atoms with van der Waals surface area (Å²) in [5.41, 5.74) is 0.0927. The van der Waals surface area contributed by atoms with Crippen LogP contribution in [0, 0.1) is 5.92 Å². The van der Waals surface area contributed by atoms with E-state index in [-0.39, 0.29) is 35.9 Å². The van der Waals surface area contributed by atoms with Gasteiger partial charge in [-0.15, -0.1) is 11.3 Å². The van der Waals surface area contributed by atoms with E-state index in [0.717, 1.165) is 24.3 Å². The molecule has 11 heteroatoms. The highest BCUT2D eigenvalue weighted by atomic mass is 32.1. The van der Waals surface area contributed by atoms with Crippen molar-refractivity contribution in [3.8, 4) is 0 Å². The highest BCUT2D eigenvalue weighted by Gasteiger charge is 2.28. The summed E-state index contributed by atoms with van der Waals surface area (Å²) in [5.74, 6) is -0.295. The lowest BCUT2D eigenvalue weighted by Gasteiger charge is -2.32. The number of carbonyl (C=O) groups is 2. The number of thiazole rings is 1. The van der Waals surface area contributed by atoms with Gasteiger partial charge in [-0.25, -0.2) is 4.98 Å². The first kappa shape index (κ1) is 22.4. The van der Waals surface area contributed by atoms with Gasteiger partial charge in [-0.1, -0.05) is 17.4 Å². The molecular weight excluding hydrogens is 448 g/mol. The summed E-state index contributed by atoms with van der Waals surface area (Å²) in [6.45, 7) is 5.59. The first-order chi connectivity index (χ1) is 15.4. The van der Waals surface area contributed by atoms with Crippen LogP contribution in [0.25, 0.3) is 10.3 Å². The summed E-state index contributed by atoms with van der Waals surface area (Å²) in [7, 11) is 0. The second-order valence-electron chi connectivity index (χ2n) is 8.13. The predicted octanol–water partition coefficient (Wildman–Crippen LogP) is 1.97. The van der Waals surface area contributed by atoms with Gasteiger partial charge in [0.25, 0.3) is 5.56 Å². The quantitative estimate of drug-likeness (QED) is 0.542. The van der Waals surface area contributed by atoms with E-state index in [2.05, 4.69) is 25.5 Å². The minimum absolute atomic E-state index is 0.0554. The molecule has 0 radical (unpaired) electrons. The van der Waals surface area contributed by atoms with Gasteiger partial charge in [-0.05, 0) is 38.1 Å². The summed E-state index contributed by atoms with van der Waals surface area (Å²) in [5, 5.41) is 8.44. The molecule has 3 aromatic heterocycles. The molecule has 2 N–H and O–H groups in total. The second-order valence-corrected chi connectivity index (χ2v) is 10.1. The van der Waals surface area contributed by atoms with Gasteiger partial charge < -0.3 is 15.5 Å². The van der Waals surface area contributed by atoms with Gasteiger partial charge in [-0.3, -0.25) is 19.0 Å². The molecule has 1 atom stereocenters. The fourth-order valence-corrected chi connectivity index (χ4v) is 5.31. The Balaban J connectivity index is 1.46. The number of fused-ring (bicyclic) bond motifs is 1. The molecule has 0 spiro atoms. The number of carbonyl (C=O) groups excluding carboxylic acids is 2. The molecule has 9 nitrogen and oxygen atoms in total. The highest BCUT2D eigenvalue weighted by Crippen LogP contribution is 2.29. The third-order valence-corrected chi connectivity index (χ3v) is 7.19. The molecule has 1 aliphatic heterocycles. The van der Waals surface area contributed by atoms with Crippen LogP contribution in [-0.4, -0.2) is 45.5 Å². The van der Waals surface area contributed by atoms with Crippen LogP contribution in [0.1, 0.15) is 31.6 Å². The SMILES string of the molecule is CC(C)NC(=O)[C@@H]1CCCN(c2nc3ncn(CC(=O)NCc4cccs4)c(=O)c3s2)C1. The number of aromatic nitrogens is 3. The largest absolute Gasteiger partial charge is 0.354 e. The molecule has 0 saturated carbocycles. The van der Waals surface area contributed by atoms with Crippen LogP contribution in [0.3, 0.4) is 0 Å². The van der Waals surface area contributed by atoms with Gasteiger partial charge in [0.1, 0.15) is 17.6 Å². The molecule has 4 rings (SSSR count). The smallest absolute Gasteiger partial charge is 0.273 e. The van der Waals surface area contributed by atoms with E-state index in [0.29, 0.717) is 28.6 Å². The van der Waals surface area contributed by atoms with Crippen molar-refractivity contribution >= 4 is 50.0 Å². The van der Waals surface area contributed by atoms with Crippen LogP contribution in [0.5, 0.6) is 0 Å². The molecule has 0 aliphatic carbocycles.